The molecule has 3 rings (SSSR count). The molecular weight excluding hydrogens is 372 g/mol. The third-order valence-electron chi connectivity index (χ3n) is 4.16. The molecule has 6 nitrogen and oxygen atoms in total. The molecule has 0 bridgehead atoms. The van der Waals surface area contributed by atoms with Crippen molar-refractivity contribution in [3.63, 3.8) is 0 Å². The lowest BCUT2D eigenvalue weighted by atomic mass is 9.98. The molecule has 1 aliphatic rings. The third kappa shape index (κ3) is 5.05. The quantitative estimate of drug-likeness (QED) is 0.816. The smallest absolute Gasteiger partial charge is 0.208 e. The van der Waals surface area contributed by atoms with Crippen molar-refractivity contribution < 1.29 is 17.9 Å². The number of nitrogens with one attached hydrogen (secondary N) is 1. The zero-order chi connectivity index (χ0) is 18.6. The van der Waals surface area contributed by atoms with E-state index in [1.807, 2.05) is 36.4 Å². The van der Waals surface area contributed by atoms with E-state index < -0.39 is 10.0 Å². The molecule has 138 valence electrons. The predicted octanol–water partition coefficient (Wildman–Crippen LogP) is 2.62. The summed E-state index contributed by atoms with van der Waals surface area (Å²) in [7, 11) is -3.26. The minimum absolute atomic E-state index is 0.0337. The molecule has 1 N–H and O–H groups in total. The van der Waals surface area contributed by atoms with Crippen LogP contribution in [0.15, 0.2) is 36.4 Å². The summed E-state index contributed by atoms with van der Waals surface area (Å²) in [5.74, 6) is 0.683. The molecule has 0 saturated carbocycles. The Labute approximate surface area is 157 Å². The van der Waals surface area contributed by atoms with E-state index in [4.69, 9.17) is 14.7 Å². The molecule has 0 amide bonds. The summed E-state index contributed by atoms with van der Waals surface area (Å²) < 4.78 is 37.0. The van der Waals surface area contributed by atoms with Crippen molar-refractivity contribution in [1.82, 2.24) is 4.72 Å². The summed E-state index contributed by atoms with van der Waals surface area (Å²) in [6.45, 7) is 1.39. The number of sulfonamides is 1. The van der Waals surface area contributed by atoms with Gasteiger partial charge in [0.1, 0.15) is 16.7 Å². The van der Waals surface area contributed by atoms with Gasteiger partial charge in [-0.05, 0) is 48.4 Å². The summed E-state index contributed by atoms with van der Waals surface area (Å²) in [5.41, 5.74) is 1.03. The molecule has 8 heteroatoms. The fourth-order valence-electron chi connectivity index (χ4n) is 2.86. The van der Waals surface area contributed by atoms with Crippen LogP contribution in [0.5, 0.6) is 5.75 Å². The van der Waals surface area contributed by atoms with Gasteiger partial charge >= 0.3 is 0 Å². The van der Waals surface area contributed by atoms with Crippen LogP contribution in [-0.4, -0.2) is 40.5 Å². The highest BCUT2D eigenvalue weighted by Gasteiger charge is 2.28. The van der Waals surface area contributed by atoms with Crippen molar-refractivity contribution in [3.05, 3.63) is 41.3 Å². The van der Waals surface area contributed by atoms with Gasteiger partial charge in [-0.2, -0.15) is 5.26 Å². The van der Waals surface area contributed by atoms with Gasteiger partial charge < -0.3 is 9.47 Å². The van der Waals surface area contributed by atoms with E-state index in [0.717, 1.165) is 16.2 Å². The lowest BCUT2D eigenvalue weighted by molar-refractivity contribution is 0.0187. The number of thiophene rings is 1. The van der Waals surface area contributed by atoms with E-state index in [-0.39, 0.29) is 12.0 Å². The second kappa shape index (κ2) is 8.18. The highest BCUT2D eigenvalue weighted by molar-refractivity contribution is 7.88. The van der Waals surface area contributed by atoms with Gasteiger partial charge in [0.15, 0.2) is 0 Å². The number of rotatable bonds is 6. The highest BCUT2D eigenvalue weighted by atomic mass is 32.2. The van der Waals surface area contributed by atoms with Crippen LogP contribution in [0.4, 0.5) is 0 Å². The van der Waals surface area contributed by atoms with Crippen LogP contribution >= 0.6 is 11.3 Å². The van der Waals surface area contributed by atoms with Gasteiger partial charge in [0.25, 0.3) is 0 Å². The van der Waals surface area contributed by atoms with E-state index >= 15 is 0 Å². The zero-order valence-electron chi connectivity index (χ0n) is 14.3. The van der Waals surface area contributed by atoms with Crippen LogP contribution in [0.3, 0.4) is 0 Å². The molecule has 1 aromatic heterocycles. The molecule has 0 unspecified atom stereocenters. The molecule has 1 aliphatic heterocycles. The normalized spacial score (nSPS) is 20.5. The Morgan fingerprint density at radius 2 is 2.08 bits per heavy atom. The monoisotopic (exact) mass is 392 g/mol. The third-order valence-corrected chi connectivity index (χ3v) is 5.93. The Hall–Kier alpha value is -1.92. The molecule has 26 heavy (non-hydrogen) atoms. The van der Waals surface area contributed by atoms with E-state index in [1.165, 1.54) is 17.6 Å². The number of nitrogens with zero attached hydrogens (tertiary/aromatic N) is 1. The van der Waals surface area contributed by atoms with E-state index in [2.05, 4.69) is 10.8 Å². The van der Waals surface area contributed by atoms with E-state index in [0.29, 0.717) is 31.1 Å². The lowest BCUT2D eigenvalue weighted by Crippen LogP contribution is -2.47. The van der Waals surface area contributed by atoms with Crippen molar-refractivity contribution in [2.24, 2.45) is 5.92 Å². The van der Waals surface area contributed by atoms with Crippen LogP contribution in [0, 0.1) is 17.2 Å². The first-order valence-electron chi connectivity index (χ1n) is 8.23. The van der Waals surface area contributed by atoms with Crippen molar-refractivity contribution in [2.75, 3.05) is 26.1 Å². The summed E-state index contributed by atoms with van der Waals surface area (Å²) in [5, 5.41) is 8.92. The number of hydrogen-bond donors (Lipinski definition) is 1. The SMILES string of the molecule is CS(=O)(=O)N[C@H]1CCOC[C@@H]1COc1ccc(-c2ccc(C#N)s2)cc1. The van der Waals surface area contributed by atoms with Crippen molar-refractivity contribution in [3.8, 4) is 22.3 Å². The Balaban J connectivity index is 1.61. The zero-order valence-corrected chi connectivity index (χ0v) is 16.0. The second-order valence-corrected chi connectivity index (χ2v) is 9.10. The summed E-state index contributed by atoms with van der Waals surface area (Å²) in [4.78, 5) is 1.72. The van der Waals surface area contributed by atoms with Crippen molar-refractivity contribution >= 4 is 21.4 Å². The second-order valence-electron chi connectivity index (χ2n) is 6.23. The average Bonchev–Trinajstić information content (AvgIpc) is 3.09. The maximum atomic E-state index is 11.5. The number of hydrogen-bond acceptors (Lipinski definition) is 6. The van der Waals surface area contributed by atoms with Crippen LogP contribution in [-0.2, 0) is 14.8 Å². The molecule has 1 fully saturated rings. The van der Waals surface area contributed by atoms with E-state index in [1.54, 1.807) is 0 Å². The minimum atomic E-state index is -3.26. The van der Waals surface area contributed by atoms with Gasteiger partial charge in [-0.1, -0.05) is 0 Å². The predicted molar refractivity (Wildman–Crippen MR) is 101 cm³/mol. The Morgan fingerprint density at radius 3 is 2.73 bits per heavy atom. The largest absolute Gasteiger partial charge is 0.493 e. The van der Waals surface area contributed by atoms with Gasteiger partial charge in [0.2, 0.25) is 10.0 Å². The minimum Gasteiger partial charge on any atom is -0.493 e. The maximum Gasteiger partial charge on any atom is 0.208 e. The molecule has 1 aromatic carbocycles. The molecule has 0 aliphatic carbocycles. The van der Waals surface area contributed by atoms with Crippen LogP contribution in [0.25, 0.3) is 10.4 Å². The van der Waals surface area contributed by atoms with Crippen LogP contribution in [0.1, 0.15) is 11.3 Å². The molecule has 1 saturated heterocycles. The number of benzene rings is 1. The highest BCUT2D eigenvalue weighted by Crippen LogP contribution is 2.29. The van der Waals surface area contributed by atoms with Gasteiger partial charge in [0.05, 0.1) is 19.5 Å². The first-order chi connectivity index (χ1) is 12.4. The Kier molecular flexibility index (Phi) is 5.94. The molecule has 0 spiro atoms. The topological polar surface area (TPSA) is 88.4 Å². The fourth-order valence-corrected chi connectivity index (χ4v) is 4.53. The van der Waals surface area contributed by atoms with Crippen LogP contribution in [0.2, 0.25) is 0 Å². The van der Waals surface area contributed by atoms with Gasteiger partial charge in [-0.3, -0.25) is 0 Å². The number of nitriles is 1. The van der Waals surface area contributed by atoms with Gasteiger partial charge in [0, 0.05) is 23.4 Å². The molecule has 2 atom stereocenters. The van der Waals surface area contributed by atoms with Crippen LogP contribution < -0.4 is 9.46 Å². The molecular formula is C18H20N2O4S2. The first-order valence-corrected chi connectivity index (χ1v) is 10.9. The fraction of sp³-hybridized carbons (Fsp3) is 0.389. The molecule has 2 heterocycles. The first kappa shape index (κ1) is 18.9. The molecule has 2 aromatic rings. The Bertz CT molecular complexity index is 885. The van der Waals surface area contributed by atoms with Gasteiger partial charge in [-0.25, -0.2) is 13.1 Å². The van der Waals surface area contributed by atoms with Gasteiger partial charge in [-0.15, -0.1) is 11.3 Å². The number of ether oxygens (including phenoxy) is 2. The lowest BCUT2D eigenvalue weighted by Gasteiger charge is -2.31. The van der Waals surface area contributed by atoms with Crippen molar-refractivity contribution in [1.29, 1.82) is 5.26 Å². The van der Waals surface area contributed by atoms with Crippen molar-refractivity contribution in [2.45, 2.75) is 12.5 Å². The standard InChI is InChI=1S/C18H20N2O4S2/c1-26(21,22)20-17-8-9-23-11-14(17)12-24-15-4-2-13(3-5-15)18-7-6-16(10-19)25-18/h2-7,14,17,20H,8-9,11-12H2,1H3/t14-,17+/m1/s1. The Morgan fingerprint density at radius 1 is 1.31 bits per heavy atom. The summed E-state index contributed by atoms with van der Waals surface area (Å²) in [6, 6.07) is 13.4. The average molecular weight is 393 g/mol. The summed E-state index contributed by atoms with van der Waals surface area (Å²) in [6.07, 6.45) is 1.81. The molecule has 0 radical (unpaired) electrons. The maximum absolute atomic E-state index is 11.5. The van der Waals surface area contributed by atoms with E-state index in [9.17, 15) is 8.42 Å². The summed E-state index contributed by atoms with van der Waals surface area (Å²) >= 11 is 1.45.